The predicted molar refractivity (Wildman–Crippen MR) is 166 cm³/mol. The molecule has 0 unspecified atom stereocenters. The van der Waals surface area contributed by atoms with Crippen molar-refractivity contribution in [2.45, 2.75) is 30.6 Å². The van der Waals surface area contributed by atoms with Crippen molar-refractivity contribution < 1.29 is 31.1 Å². The van der Waals surface area contributed by atoms with Crippen LogP contribution in [-0.4, -0.2) is 42.3 Å². The number of hydrazine groups is 1. The van der Waals surface area contributed by atoms with Crippen LogP contribution in [0.1, 0.15) is 29.9 Å². The fraction of sp³-hybridized carbons (Fsp3) is 0.194. The maximum atomic E-state index is 12.9. The molecule has 0 aliphatic rings. The van der Waals surface area contributed by atoms with E-state index >= 15 is 0 Å². The van der Waals surface area contributed by atoms with Gasteiger partial charge in [0.1, 0.15) is 11.3 Å². The number of amides is 1. The SMILES string of the molecule is Cn1nc(C(=O)NC(C)(C)C#N)cc1-c1ccc(-c2cccc(S(C)(=O)=O)c2)cc1N(N)/C(=C\N)c1ccc(OC(F)(F)F)cc1. The summed E-state index contributed by atoms with van der Waals surface area (Å²) in [6.07, 6.45) is -2.60. The van der Waals surface area contributed by atoms with Crippen molar-refractivity contribution >= 4 is 27.1 Å². The highest BCUT2D eigenvalue weighted by Gasteiger charge is 2.31. The molecule has 3 aromatic carbocycles. The van der Waals surface area contributed by atoms with E-state index in [1.165, 1.54) is 46.2 Å². The molecular weight excluding hydrogens is 623 g/mol. The maximum Gasteiger partial charge on any atom is 0.573 e. The molecule has 11 nitrogen and oxygen atoms in total. The minimum absolute atomic E-state index is 0.0233. The molecule has 240 valence electrons. The first-order valence-corrected chi connectivity index (χ1v) is 15.4. The molecule has 1 aromatic heterocycles. The van der Waals surface area contributed by atoms with Crippen LogP contribution in [-0.2, 0) is 16.9 Å². The molecule has 0 bridgehead atoms. The van der Waals surface area contributed by atoms with E-state index in [9.17, 15) is 31.6 Å². The van der Waals surface area contributed by atoms with Crippen molar-refractivity contribution in [1.29, 1.82) is 5.26 Å². The highest BCUT2D eigenvalue weighted by Crippen LogP contribution is 2.38. The van der Waals surface area contributed by atoms with Gasteiger partial charge in [-0.05, 0) is 73.5 Å². The number of alkyl halides is 3. The number of carbonyl (C=O) groups excluding carboxylic acids is 1. The number of halogens is 3. The molecule has 0 aliphatic heterocycles. The summed E-state index contributed by atoms with van der Waals surface area (Å²) >= 11 is 0. The Morgan fingerprint density at radius 3 is 2.30 bits per heavy atom. The number of benzene rings is 3. The molecule has 0 spiro atoms. The number of ether oxygens (including phenoxy) is 1. The Bertz CT molecular complexity index is 1960. The second-order valence-corrected chi connectivity index (χ2v) is 12.8. The second-order valence-electron chi connectivity index (χ2n) is 10.8. The third-order valence-electron chi connectivity index (χ3n) is 6.75. The van der Waals surface area contributed by atoms with E-state index in [2.05, 4.69) is 15.2 Å². The normalized spacial score (nSPS) is 12.4. The zero-order valence-electron chi connectivity index (χ0n) is 25.1. The van der Waals surface area contributed by atoms with Crippen molar-refractivity contribution in [3.8, 4) is 34.2 Å². The lowest BCUT2D eigenvalue weighted by Crippen LogP contribution is -2.42. The van der Waals surface area contributed by atoms with Crippen molar-refractivity contribution in [3.63, 3.8) is 0 Å². The van der Waals surface area contributed by atoms with E-state index in [0.717, 1.165) is 18.4 Å². The third-order valence-corrected chi connectivity index (χ3v) is 7.86. The molecule has 1 amide bonds. The van der Waals surface area contributed by atoms with Crippen molar-refractivity contribution in [3.05, 3.63) is 90.3 Å². The molecular formula is C31H30F3N7O4S. The van der Waals surface area contributed by atoms with Gasteiger partial charge in [0.25, 0.3) is 5.91 Å². The van der Waals surface area contributed by atoms with Crippen LogP contribution in [0.4, 0.5) is 18.9 Å². The largest absolute Gasteiger partial charge is 0.573 e. The zero-order valence-corrected chi connectivity index (χ0v) is 25.9. The summed E-state index contributed by atoms with van der Waals surface area (Å²) in [5.41, 5.74) is 7.73. The first-order chi connectivity index (χ1) is 21.4. The van der Waals surface area contributed by atoms with E-state index in [4.69, 9.17) is 11.6 Å². The molecule has 5 N–H and O–H groups in total. The Morgan fingerprint density at radius 1 is 1.07 bits per heavy atom. The van der Waals surface area contributed by atoms with Crippen molar-refractivity contribution in [2.24, 2.45) is 18.6 Å². The van der Waals surface area contributed by atoms with Gasteiger partial charge in [-0.2, -0.15) is 10.4 Å². The number of nitrogens with zero attached hydrogens (tertiary/aromatic N) is 4. The number of aromatic nitrogens is 2. The van der Waals surface area contributed by atoms with Crippen LogP contribution in [0, 0.1) is 11.3 Å². The summed E-state index contributed by atoms with van der Waals surface area (Å²) in [7, 11) is -1.91. The Balaban J connectivity index is 1.85. The number of nitrogens with two attached hydrogens (primary N) is 2. The molecule has 1 heterocycles. The van der Waals surface area contributed by atoms with Crippen LogP contribution in [0.5, 0.6) is 5.75 Å². The number of carbonyl (C=O) groups is 1. The summed E-state index contributed by atoms with van der Waals surface area (Å²) in [6.45, 7) is 3.08. The van der Waals surface area contributed by atoms with Crippen LogP contribution in [0.3, 0.4) is 0 Å². The Morgan fingerprint density at radius 2 is 1.72 bits per heavy atom. The third kappa shape index (κ3) is 7.65. The van der Waals surface area contributed by atoms with Gasteiger partial charge in [0.05, 0.1) is 28.0 Å². The number of nitriles is 1. The standard InChI is InChI=1S/C31H30F3N7O4S/c1-30(2,18-36)38-29(42)25-16-26(40(3)39-25)24-13-10-21(20-6-5-7-23(14-20)46(4,43)44)15-27(24)41(37)28(17-35)19-8-11-22(12-9-19)45-31(32,33)34/h5-17H,35,37H2,1-4H3,(H,38,42)/b28-17-. The number of anilines is 1. The Hall–Kier alpha value is -5.33. The molecule has 4 rings (SSSR count). The number of hydrogen-bond donors (Lipinski definition) is 3. The summed E-state index contributed by atoms with van der Waals surface area (Å²) in [4.78, 5) is 13.0. The predicted octanol–water partition coefficient (Wildman–Crippen LogP) is 4.73. The van der Waals surface area contributed by atoms with Gasteiger partial charge in [0.15, 0.2) is 15.5 Å². The average molecular weight is 654 g/mol. The van der Waals surface area contributed by atoms with Gasteiger partial charge in [-0.1, -0.05) is 24.3 Å². The van der Waals surface area contributed by atoms with Gasteiger partial charge < -0.3 is 15.8 Å². The van der Waals surface area contributed by atoms with Gasteiger partial charge in [0.2, 0.25) is 0 Å². The number of sulfone groups is 1. The lowest BCUT2D eigenvalue weighted by molar-refractivity contribution is -0.274. The van der Waals surface area contributed by atoms with Crippen molar-refractivity contribution in [2.75, 3.05) is 11.3 Å². The molecule has 46 heavy (non-hydrogen) atoms. The fourth-order valence-corrected chi connectivity index (χ4v) is 5.18. The molecule has 0 fully saturated rings. The topological polar surface area (TPSA) is 169 Å². The van der Waals surface area contributed by atoms with Crippen LogP contribution in [0.15, 0.2) is 83.9 Å². The van der Waals surface area contributed by atoms with E-state index < -0.39 is 33.4 Å². The molecule has 0 radical (unpaired) electrons. The minimum atomic E-state index is -4.87. The Labute approximate surface area is 263 Å². The van der Waals surface area contributed by atoms with Crippen LogP contribution in [0.2, 0.25) is 0 Å². The number of aryl methyl sites for hydroxylation is 1. The van der Waals surface area contributed by atoms with Crippen LogP contribution in [0.25, 0.3) is 28.1 Å². The first kappa shape index (κ1) is 33.6. The molecule has 4 aromatic rings. The maximum absolute atomic E-state index is 12.9. The van der Waals surface area contributed by atoms with Gasteiger partial charge in [-0.25, -0.2) is 14.3 Å². The summed E-state index contributed by atoms with van der Waals surface area (Å²) in [5, 5.41) is 17.5. The van der Waals surface area contributed by atoms with E-state index in [-0.39, 0.29) is 16.3 Å². The fourth-order valence-electron chi connectivity index (χ4n) is 4.51. The number of hydrogen-bond acceptors (Lipinski definition) is 9. The lowest BCUT2D eigenvalue weighted by Gasteiger charge is -2.25. The molecule has 0 saturated heterocycles. The zero-order chi connectivity index (χ0) is 34.0. The molecule has 0 atom stereocenters. The number of rotatable bonds is 9. The summed E-state index contributed by atoms with van der Waals surface area (Å²) in [5.74, 6) is 5.63. The van der Waals surface area contributed by atoms with Crippen LogP contribution < -0.4 is 26.6 Å². The lowest BCUT2D eigenvalue weighted by atomic mass is 9.99. The highest BCUT2D eigenvalue weighted by molar-refractivity contribution is 7.90. The number of nitrogens with one attached hydrogen (secondary N) is 1. The molecule has 15 heteroatoms. The van der Waals surface area contributed by atoms with E-state index in [1.807, 2.05) is 6.07 Å². The average Bonchev–Trinajstić information content (AvgIpc) is 3.38. The van der Waals surface area contributed by atoms with Crippen molar-refractivity contribution in [1.82, 2.24) is 15.1 Å². The second kappa shape index (κ2) is 12.6. The summed E-state index contributed by atoms with van der Waals surface area (Å²) in [6, 6.07) is 19.8. The minimum Gasteiger partial charge on any atom is -0.406 e. The van der Waals surface area contributed by atoms with Gasteiger partial charge in [0, 0.05) is 30.6 Å². The van der Waals surface area contributed by atoms with E-state index in [1.54, 1.807) is 51.2 Å². The van der Waals surface area contributed by atoms with Gasteiger partial charge in [-0.3, -0.25) is 14.5 Å². The van der Waals surface area contributed by atoms with Gasteiger partial charge >= 0.3 is 6.36 Å². The Kier molecular flexibility index (Phi) is 9.18. The van der Waals surface area contributed by atoms with Crippen LogP contribution >= 0.6 is 0 Å². The quantitative estimate of drug-likeness (QED) is 0.171. The monoisotopic (exact) mass is 653 g/mol. The van der Waals surface area contributed by atoms with E-state index in [0.29, 0.717) is 33.6 Å². The summed E-state index contributed by atoms with van der Waals surface area (Å²) < 4.78 is 68.0. The van der Waals surface area contributed by atoms with Gasteiger partial charge in [-0.15, -0.1) is 13.2 Å². The molecule has 0 saturated carbocycles. The molecule has 0 aliphatic carbocycles. The highest BCUT2D eigenvalue weighted by atomic mass is 32.2. The first-order valence-electron chi connectivity index (χ1n) is 13.5. The smallest absolute Gasteiger partial charge is 0.406 e.